The zero-order chi connectivity index (χ0) is 26.8. The summed E-state index contributed by atoms with van der Waals surface area (Å²) in [5.41, 5.74) is 3.64. The lowest BCUT2D eigenvalue weighted by atomic mass is 10.00. The second kappa shape index (κ2) is 11.4. The van der Waals surface area contributed by atoms with E-state index >= 15 is 0 Å². The second-order valence-electron chi connectivity index (χ2n) is 8.83. The van der Waals surface area contributed by atoms with E-state index in [-0.39, 0.29) is 29.8 Å². The van der Waals surface area contributed by atoms with Gasteiger partial charge in [0.15, 0.2) is 0 Å². The Bertz CT molecular complexity index is 1460. The van der Waals surface area contributed by atoms with Gasteiger partial charge in [-0.15, -0.1) is 0 Å². The number of benzene rings is 3. The van der Waals surface area contributed by atoms with E-state index < -0.39 is 11.1 Å². The van der Waals surface area contributed by atoms with Crippen molar-refractivity contribution in [2.45, 2.75) is 19.6 Å². The molecule has 0 N–H and O–H groups in total. The van der Waals surface area contributed by atoms with Crippen LogP contribution in [0, 0.1) is 5.82 Å². The second-order valence-corrected chi connectivity index (χ2v) is 11.5. The molecule has 0 aromatic heterocycles. The van der Waals surface area contributed by atoms with Crippen LogP contribution >= 0.6 is 43.6 Å². The predicted molar refractivity (Wildman–Crippen MR) is 151 cm³/mol. The lowest BCUT2D eigenvalue weighted by Gasteiger charge is -2.29. The van der Waals surface area contributed by atoms with Crippen LogP contribution in [0.1, 0.15) is 22.3 Å². The quantitative estimate of drug-likeness (QED) is 0.281. The summed E-state index contributed by atoms with van der Waals surface area (Å²) < 4.78 is 20.5. The van der Waals surface area contributed by atoms with E-state index in [2.05, 4.69) is 37.9 Å². The fourth-order valence-corrected chi connectivity index (χ4v) is 6.60. The molecule has 38 heavy (non-hydrogen) atoms. The molecule has 3 aromatic rings. The van der Waals surface area contributed by atoms with Crippen molar-refractivity contribution in [2.75, 3.05) is 13.1 Å². The summed E-state index contributed by atoms with van der Waals surface area (Å²) in [6.45, 7) is 0.905. The molecule has 6 nitrogen and oxygen atoms in total. The first-order valence-electron chi connectivity index (χ1n) is 11.7. The van der Waals surface area contributed by atoms with E-state index in [4.69, 9.17) is 4.74 Å². The molecule has 0 atom stereocenters. The van der Waals surface area contributed by atoms with Gasteiger partial charge in [-0.3, -0.25) is 19.3 Å². The smallest absolute Gasteiger partial charge is 0.294 e. The van der Waals surface area contributed by atoms with Gasteiger partial charge >= 0.3 is 0 Å². The van der Waals surface area contributed by atoms with Gasteiger partial charge in [-0.1, -0.05) is 36.4 Å². The predicted octanol–water partition coefficient (Wildman–Crippen LogP) is 6.55. The third-order valence-electron chi connectivity index (χ3n) is 6.24. The van der Waals surface area contributed by atoms with Gasteiger partial charge < -0.3 is 9.64 Å². The van der Waals surface area contributed by atoms with Gasteiger partial charge in [0.05, 0.1) is 13.9 Å². The minimum Gasteiger partial charge on any atom is -0.487 e. The molecule has 0 aliphatic carbocycles. The summed E-state index contributed by atoms with van der Waals surface area (Å²) in [6.07, 6.45) is 2.35. The Balaban J connectivity index is 1.25. The van der Waals surface area contributed by atoms with Crippen LogP contribution in [0.2, 0.25) is 0 Å². The van der Waals surface area contributed by atoms with Crippen molar-refractivity contribution in [2.24, 2.45) is 0 Å². The average Bonchev–Trinajstić information content (AvgIpc) is 3.15. The molecule has 3 aromatic carbocycles. The van der Waals surface area contributed by atoms with Crippen LogP contribution in [-0.4, -0.2) is 39.9 Å². The summed E-state index contributed by atoms with van der Waals surface area (Å²) in [6, 6.07) is 17.6. The van der Waals surface area contributed by atoms with Gasteiger partial charge in [0.2, 0.25) is 5.91 Å². The third kappa shape index (κ3) is 5.87. The average molecular weight is 660 g/mol. The van der Waals surface area contributed by atoms with Crippen LogP contribution in [0.25, 0.3) is 6.08 Å². The molecule has 194 valence electrons. The van der Waals surface area contributed by atoms with Gasteiger partial charge in [-0.2, -0.15) is 0 Å². The van der Waals surface area contributed by atoms with E-state index in [1.54, 1.807) is 35.2 Å². The van der Waals surface area contributed by atoms with Gasteiger partial charge in [0, 0.05) is 13.1 Å². The van der Waals surface area contributed by atoms with E-state index in [1.807, 2.05) is 18.2 Å². The fourth-order valence-electron chi connectivity index (χ4n) is 4.31. The van der Waals surface area contributed by atoms with Gasteiger partial charge in [0.1, 0.15) is 24.7 Å². The monoisotopic (exact) mass is 658 g/mol. The number of amides is 3. The number of halogens is 3. The van der Waals surface area contributed by atoms with Crippen LogP contribution < -0.4 is 4.74 Å². The van der Waals surface area contributed by atoms with Crippen LogP contribution in [0.4, 0.5) is 9.18 Å². The molecule has 0 saturated carbocycles. The molecule has 0 bridgehead atoms. The number of hydrogen-bond donors (Lipinski definition) is 0. The number of ether oxygens (including phenoxy) is 1. The van der Waals surface area contributed by atoms with Gasteiger partial charge in [-0.05, 0) is 103 Å². The Kier molecular flexibility index (Phi) is 8.01. The Morgan fingerprint density at radius 1 is 1.03 bits per heavy atom. The van der Waals surface area contributed by atoms with Crippen molar-refractivity contribution in [1.82, 2.24) is 9.80 Å². The summed E-state index contributed by atoms with van der Waals surface area (Å²) in [5.74, 6) is -0.567. The maximum atomic E-state index is 13.4. The van der Waals surface area contributed by atoms with Crippen molar-refractivity contribution < 1.29 is 23.5 Å². The number of thioether (sulfide) groups is 1. The highest BCUT2D eigenvalue weighted by Gasteiger charge is 2.37. The van der Waals surface area contributed by atoms with E-state index in [0.29, 0.717) is 38.9 Å². The molecule has 5 rings (SSSR count). The molecule has 0 radical (unpaired) electrons. The number of carbonyl (C=O) groups excluding carboxylic acids is 3. The summed E-state index contributed by atoms with van der Waals surface area (Å²) >= 11 is 7.78. The molecular formula is C28H21Br2FN2O4S. The summed E-state index contributed by atoms with van der Waals surface area (Å²) in [5, 5.41) is -0.472. The van der Waals surface area contributed by atoms with Gasteiger partial charge in [-0.25, -0.2) is 4.39 Å². The number of nitrogens with zero attached hydrogens (tertiary/aromatic N) is 2. The highest BCUT2D eigenvalue weighted by molar-refractivity contribution is 9.11. The van der Waals surface area contributed by atoms with Crippen molar-refractivity contribution in [3.63, 3.8) is 0 Å². The maximum Gasteiger partial charge on any atom is 0.294 e. The summed E-state index contributed by atoms with van der Waals surface area (Å²) in [7, 11) is 0. The molecule has 10 heteroatoms. The van der Waals surface area contributed by atoms with Crippen molar-refractivity contribution >= 4 is 66.8 Å². The third-order valence-corrected chi connectivity index (χ3v) is 8.33. The lowest BCUT2D eigenvalue weighted by molar-refractivity contribution is -0.136. The molecule has 2 aliphatic heterocycles. The summed E-state index contributed by atoms with van der Waals surface area (Å²) in [4.78, 5) is 41.5. The van der Waals surface area contributed by atoms with Crippen molar-refractivity contribution in [1.29, 1.82) is 0 Å². The van der Waals surface area contributed by atoms with E-state index in [1.165, 1.54) is 17.7 Å². The van der Waals surface area contributed by atoms with Gasteiger partial charge in [0.25, 0.3) is 11.1 Å². The first-order valence-corrected chi connectivity index (χ1v) is 14.1. The molecule has 0 unspecified atom stereocenters. The Morgan fingerprint density at radius 2 is 1.76 bits per heavy atom. The maximum absolute atomic E-state index is 13.4. The van der Waals surface area contributed by atoms with Crippen molar-refractivity contribution in [3.05, 3.63) is 103 Å². The minimum atomic E-state index is -0.496. The Morgan fingerprint density at radius 3 is 2.50 bits per heavy atom. The zero-order valence-corrected chi connectivity index (χ0v) is 23.9. The van der Waals surface area contributed by atoms with Crippen LogP contribution in [0.3, 0.4) is 0 Å². The lowest BCUT2D eigenvalue weighted by Crippen LogP contribution is -2.44. The molecule has 1 fully saturated rings. The number of carbonyl (C=O) groups is 3. The van der Waals surface area contributed by atoms with Crippen LogP contribution in [0.15, 0.2) is 74.5 Å². The van der Waals surface area contributed by atoms with Crippen molar-refractivity contribution in [3.8, 4) is 5.75 Å². The molecule has 2 aliphatic rings. The largest absolute Gasteiger partial charge is 0.487 e. The Hall–Kier alpha value is -2.95. The molecular weight excluding hydrogens is 639 g/mol. The fraction of sp³-hybridized carbons (Fsp3) is 0.179. The normalized spacial score (nSPS) is 16.2. The standard InChI is InChI=1S/C28H21Br2FN2O4S/c29-22-11-18(12-23(30)26(22)37-16-17-4-3-7-21(31)10-17)13-24-27(35)33(28(36)38-24)15-25(34)32-9-8-19-5-1-2-6-20(19)14-32/h1-7,10-13H,8-9,14-16H2/b24-13-. The number of imide groups is 1. The van der Waals surface area contributed by atoms with E-state index in [0.717, 1.165) is 28.6 Å². The molecule has 2 heterocycles. The number of rotatable bonds is 6. The highest BCUT2D eigenvalue weighted by Crippen LogP contribution is 2.38. The molecule has 0 spiro atoms. The topological polar surface area (TPSA) is 66.9 Å². The number of fused-ring (bicyclic) bond motifs is 1. The number of hydrogen-bond acceptors (Lipinski definition) is 5. The first kappa shape index (κ1) is 26.6. The van der Waals surface area contributed by atoms with Crippen LogP contribution in [-0.2, 0) is 29.2 Å². The Labute approximate surface area is 240 Å². The first-order chi connectivity index (χ1) is 18.3. The molecule has 3 amide bonds. The van der Waals surface area contributed by atoms with Crippen LogP contribution in [0.5, 0.6) is 5.75 Å². The highest BCUT2D eigenvalue weighted by atomic mass is 79.9. The minimum absolute atomic E-state index is 0.170. The molecule has 1 saturated heterocycles. The van der Waals surface area contributed by atoms with E-state index in [9.17, 15) is 18.8 Å². The SMILES string of the molecule is O=C(CN1C(=O)S/C(=C\c2cc(Br)c(OCc3cccc(F)c3)c(Br)c2)C1=O)N1CCc2ccccc2C1. The zero-order valence-electron chi connectivity index (χ0n) is 20.0.